The van der Waals surface area contributed by atoms with E-state index in [-0.39, 0.29) is 30.2 Å². The monoisotopic (exact) mass is 349 g/mol. The first-order valence-electron chi connectivity index (χ1n) is 7.54. The third kappa shape index (κ3) is 4.36. The summed E-state index contributed by atoms with van der Waals surface area (Å²) in [6, 6.07) is 5.92. The number of nitro benzene ring substituents is 1. The van der Waals surface area contributed by atoms with E-state index < -0.39 is 4.92 Å². The molecule has 0 bridgehead atoms. The number of benzene rings is 1. The minimum absolute atomic E-state index is 0.00817. The molecular formula is C16H19N3O4S. The van der Waals surface area contributed by atoms with Gasteiger partial charge in [0, 0.05) is 35.7 Å². The molecule has 1 heterocycles. The van der Waals surface area contributed by atoms with Crippen molar-refractivity contribution in [3.8, 4) is 10.6 Å². The average Bonchev–Trinajstić information content (AvgIpc) is 3.04. The summed E-state index contributed by atoms with van der Waals surface area (Å²) in [6.07, 6.45) is 0.489. The molecule has 0 fully saturated rings. The molecule has 0 aliphatic rings. The molecule has 1 unspecified atom stereocenters. The molecule has 1 aromatic carbocycles. The van der Waals surface area contributed by atoms with Crippen LogP contribution in [-0.2, 0) is 0 Å². The summed E-state index contributed by atoms with van der Waals surface area (Å²) in [4.78, 5) is 26.8. The van der Waals surface area contributed by atoms with Crippen molar-refractivity contribution in [2.45, 2.75) is 26.3 Å². The number of thiazole rings is 1. The van der Waals surface area contributed by atoms with E-state index in [1.54, 1.807) is 17.5 Å². The third-order valence-electron chi connectivity index (χ3n) is 3.62. The van der Waals surface area contributed by atoms with Crippen molar-refractivity contribution in [3.05, 3.63) is 45.5 Å². The standard InChI is InChI=1S/C16H19N3O4S/c1-10(2)13(7-8-20)17-15(21)14-9-24-16(18-14)11-3-5-12(6-4-11)19(22)23/h3-6,9-10,13,20H,7-8H2,1-2H3,(H,17,21). The van der Waals surface area contributed by atoms with Gasteiger partial charge in [0.25, 0.3) is 11.6 Å². The van der Waals surface area contributed by atoms with Crippen LogP contribution in [0.4, 0.5) is 5.69 Å². The Labute approximate surface area is 143 Å². The second kappa shape index (κ2) is 7.98. The molecule has 0 radical (unpaired) electrons. The Morgan fingerprint density at radius 2 is 2.04 bits per heavy atom. The number of aromatic nitrogens is 1. The first-order valence-corrected chi connectivity index (χ1v) is 8.42. The molecule has 1 amide bonds. The number of nitro groups is 1. The van der Waals surface area contributed by atoms with E-state index in [9.17, 15) is 14.9 Å². The van der Waals surface area contributed by atoms with Gasteiger partial charge < -0.3 is 10.4 Å². The van der Waals surface area contributed by atoms with Crippen molar-refractivity contribution >= 4 is 22.9 Å². The number of amides is 1. The van der Waals surface area contributed by atoms with Gasteiger partial charge in [0.15, 0.2) is 0 Å². The zero-order valence-electron chi connectivity index (χ0n) is 13.4. The molecule has 1 atom stereocenters. The highest BCUT2D eigenvalue weighted by atomic mass is 32.1. The Bertz CT molecular complexity index is 712. The highest BCUT2D eigenvalue weighted by molar-refractivity contribution is 7.13. The Morgan fingerprint density at radius 1 is 1.38 bits per heavy atom. The number of carbonyl (C=O) groups is 1. The predicted octanol–water partition coefficient (Wildman–Crippen LogP) is 2.86. The number of rotatable bonds is 7. The van der Waals surface area contributed by atoms with Crippen LogP contribution in [0.3, 0.4) is 0 Å². The van der Waals surface area contributed by atoms with Gasteiger partial charge in [-0.3, -0.25) is 14.9 Å². The smallest absolute Gasteiger partial charge is 0.271 e. The van der Waals surface area contributed by atoms with E-state index in [1.807, 2.05) is 13.8 Å². The van der Waals surface area contributed by atoms with Gasteiger partial charge in [-0.05, 0) is 24.5 Å². The van der Waals surface area contributed by atoms with Crippen LogP contribution >= 0.6 is 11.3 Å². The van der Waals surface area contributed by atoms with E-state index in [0.717, 1.165) is 5.56 Å². The second-order valence-corrected chi connectivity index (χ2v) is 6.54. The number of nitrogens with one attached hydrogen (secondary N) is 1. The van der Waals surface area contributed by atoms with Crippen molar-refractivity contribution in [1.82, 2.24) is 10.3 Å². The van der Waals surface area contributed by atoms with Crippen molar-refractivity contribution < 1.29 is 14.8 Å². The fourth-order valence-corrected chi connectivity index (χ4v) is 3.00. The molecule has 2 rings (SSSR count). The summed E-state index contributed by atoms with van der Waals surface area (Å²) >= 11 is 1.30. The van der Waals surface area contributed by atoms with Gasteiger partial charge in [0.1, 0.15) is 10.7 Å². The van der Waals surface area contributed by atoms with Crippen LogP contribution in [0.15, 0.2) is 29.6 Å². The van der Waals surface area contributed by atoms with Gasteiger partial charge in [-0.25, -0.2) is 4.98 Å². The number of aliphatic hydroxyl groups is 1. The minimum Gasteiger partial charge on any atom is -0.396 e. The fraction of sp³-hybridized carbons (Fsp3) is 0.375. The van der Waals surface area contributed by atoms with E-state index in [1.165, 1.54) is 23.5 Å². The lowest BCUT2D eigenvalue weighted by molar-refractivity contribution is -0.384. The molecule has 2 aromatic rings. The Morgan fingerprint density at radius 3 is 2.58 bits per heavy atom. The van der Waals surface area contributed by atoms with Crippen LogP contribution in [0.2, 0.25) is 0 Å². The molecule has 128 valence electrons. The normalized spacial score (nSPS) is 12.2. The van der Waals surface area contributed by atoms with Crippen LogP contribution in [0.25, 0.3) is 10.6 Å². The van der Waals surface area contributed by atoms with Gasteiger partial charge in [-0.1, -0.05) is 13.8 Å². The van der Waals surface area contributed by atoms with Crippen molar-refractivity contribution in [2.75, 3.05) is 6.61 Å². The molecule has 8 heteroatoms. The predicted molar refractivity (Wildman–Crippen MR) is 92.0 cm³/mol. The highest BCUT2D eigenvalue weighted by Gasteiger charge is 2.19. The molecule has 24 heavy (non-hydrogen) atoms. The van der Waals surface area contributed by atoms with Crippen molar-refractivity contribution in [1.29, 1.82) is 0 Å². The number of hydrogen-bond acceptors (Lipinski definition) is 6. The number of hydrogen-bond donors (Lipinski definition) is 2. The van der Waals surface area contributed by atoms with E-state index >= 15 is 0 Å². The summed E-state index contributed by atoms with van der Waals surface area (Å²) < 4.78 is 0. The molecule has 0 aliphatic heterocycles. The van der Waals surface area contributed by atoms with Gasteiger partial charge >= 0.3 is 0 Å². The van der Waals surface area contributed by atoms with Gasteiger partial charge in [0.2, 0.25) is 0 Å². The van der Waals surface area contributed by atoms with Gasteiger partial charge in [0.05, 0.1) is 4.92 Å². The van der Waals surface area contributed by atoms with Gasteiger partial charge in [-0.15, -0.1) is 11.3 Å². The van der Waals surface area contributed by atoms with Crippen LogP contribution in [0, 0.1) is 16.0 Å². The van der Waals surface area contributed by atoms with Gasteiger partial charge in [-0.2, -0.15) is 0 Å². The number of carbonyl (C=O) groups excluding carboxylic acids is 1. The quantitative estimate of drug-likeness (QED) is 0.590. The topological polar surface area (TPSA) is 105 Å². The Hall–Kier alpha value is -2.32. The lowest BCUT2D eigenvalue weighted by Gasteiger charge is -2.20. The molecule has 1 aromatic heterocycles. The minimum atomic E-state index is -0.461. The molecule has 2 N–H and O–H groups in total. The Balaban J connectivity index is 2.11. The van der Waals surface area contributed by atoms with Crippen molar-refractivity contribution in [3.63, 3.8) is 0 Å². The molecule has 0 spiro atoms. The maximum Gasteiger partial charge on any atom is 0.271 e. The number of nitrogens with zero attached hydrogens (tertiary/aromatic N) is 2. The third-order valence-corrected chi connectivity index (χ3v) is 4.51. The molecule has 0 saturated heterocycles. The SMILES string of the molecule is CC(C)C(CCO)NC(=O)c1csc(-c2ccc([N+](=O)[O-])cc2)n1. The van der Waals surface area contributed by atoms with Crippen LogP contribution in [0.1, 0.15) is 30.8 Å². The molecule has 7 nitrogen and oxygen atoms in total. The Kier molecular flexibility index (Phi) is 5.99. The summed E-state index contributed by atoms with van der Waals surface area (Å²) in [5.74, 6) is -0.0829. The zero-order chi connectivity index (χ0) is 17.7. The fourth-order valence-electron chi connectivity index (χ4n) is 2.19. The second-order valence-electron chi connectivity index (χ2n) is 5.68. The van der Waals surface area contributed by atoms with E-state index in [2.05, 4.69) is 10.3 Å². The summed E-state index contributed by atoms with van der Waals surface area (Å²) in [7, 11) is 0. The van der Waals surface area contributed by atoms with E-state index in [0.29, 0.717) is 17.1 Å². The summed E-state index contributed by atoms with van der Waals surface area (Å²) in [6.45, 7) is 3.96. The molecular weight excluding hydrogens is 330 g/mol. The number of non-ortho nitro benzene ring substituents is 1. The van der Waals surface area contributed by atoms with Crippen molar-refractivity contribution in [2.24, 2.45) is 5.92 Å². The van der Waals surface area contributed by atoms with Crippen LogP contribution in [-0.4, -0.2) is 33.6 Å². The maximum atomic E-state index is 12.3. The summed E-state index contributed by atoms with van der Waals surface area (Å²) in [5, 5.41) is 24.9. The van der Waals surface area contributed by atoms with E-state index in [4.69, 9.17) is 5.11 Å². The maximum absolute atomic E-state index is 12.3. The largest absolute Gasteiger partial charge is 0.396 e. The first kappa shape index (κ1) is 18.0. The summed E-state index contributed by atoms with van der Waals surface area (Å²) in [5.41, 5.74) is 1.04. The zero-order valence-corrected chi connectivity index (χ0v) is 14.2. The van der Waals surface area contributed by atoms with Crippen LogP contribution < -0.4 is 5.32 Å². The lowest BCUT2D eigenvalue weighted by atomic mass is 10.0. The first-order chi connectivity index (χ1) is 11.4. The highest BCUT2D eigenvalue weighted by Crippen LogP contribution is 2.25. The van der Waals surface area contributed by atoms with Crippen LogP contribution in [0.5, 0.6) is 0 Å². The molecule has 0 saturated carbocycles. The lowest BCUT2D eigenvalue weighted by Crippen LogP contribution is -2.39. The molecule has 0 aliphatic carbocycles. The number of aliphatic hydroxyl groups excluding tert-OH is 1. The average molecular weight is 349 g/mol.